The van der Waals surface area contributed by atoms with E-state index in [2.05, 4.69) is 6.92 Å². The molecule has 0 N–H and O–H groups in total. The lowest BCUT2D eigenvalue weighted by Gasteiger charge is -2.33. The number of hydrogen-bond acceptors (Lipinski definition) is 1. The van der Waals surface area contributed by atoms with Crippen molar-refractivity contribution < 1.29 is 4.74 Å². The summed E-state index contributed by atoms with van der Waals surface area (Å²) in [6, 6.07) is 5.48. The van der Waals surface area contributed by atoms with Crippen LogP contribution in [0, 0.1) is 5.92 Å². The molecule has 0 amide bonds. The number of ether oxygens (including phenoxy) is 1. The van der Waals surface area contributed by atoms with Crippen LogP contribution >= 0.6 is 23.2 Å². The summed E-state index contributed by atoms with van der Waals surface area (Å²) in [4.78, 5) is 0. The number of rotatable bonds is 2. The Balaban J connectivity index is 2.06. The summed E-state index contributed by atoms with van der Waals surface area (Å²) in [7, 11) is 0. The fourth-order valence-corrected chi connectivity index (χ4v) is 2.02. The minimum atomic E-state index is 0.320. The van der Waals surface area contributed by atoms with E-state index in [9.17, 15) is 0 Å². The van der Waals surface area contributed by atoms with E-state index in [0.717, 1.165) is 18.8 Å². The van der Waals surface area contributed by atoms with E-state index in [1.807, 2.05) is 12.1 Å². The van der Waals surface area contributed by atoms with Gasteiger partial charge in [-0.05, 0) is 30.9 Å². The first kappa shape index (κ1) is 10.1. The largest absolute Gasteiger partial charge is 0.489 e. The molecule has 1 aliphatic carbocycles. The average Bonchev–Trinajstić information content (AvgIpc) is 2.10. The SMILES string of the molecule is CC1CC(Oc2cccc(Cl)c2Cl)C1. The minimum absolute atomic E-state index is 0.320. The Labute approximate surface area is 94.0 Å². The smallest absolute Gasteiger partial charge is 0.139 e. The highest BCUT2D eigenvalue weighted by atomic mass is 35.5. The Morgan fingerprint density at radius 2 is 2.00 bits per heavy atom. The molecular weight excluding hydrogens is 219 g/mol. The third-order valence-corrected chi connectivity index (χ3v) is 3.34. The fourth-order valence-electron chi connectivity index (χ4n) is 1.68. The fraction of sp³-hybridized carbons (Fsp3) is 0.455. The third-order valence-electron chi connectivity index (χ3n) is 2.54. The maximum absolute atomic E-state index is 6.00. The molecule has 0 bridgehead atoms. The van der Waals surface area contributed by atoms with Gasteiger partial charge in [-0.1, -0.05) is 36.2 Å². The summed E-state index contributed by atoms with van der Waals surface area (Å²) >= 11 is 11.9. The van der Waals surface area contributed by atoms with Crippen molar-refractivity contribution in [3.8, 4) is 5.75 Å². The van der Waals surface area contributed by atoms with Crippen molar-refractivity contribution >= 4 is 23.2 Å². The van der Waals surface area contributed by atoms with Crippen LogP contribution in [0.1, 0.15) is 19.8 Å². The quantitative estimate of drug-likeness (QED) is 0.742. The van der Waals surface area contributed by atoms with Gasteiger partial charge in [0, 0.05) is 0 Å². The van der Waals surface area contributed by atoms with Crippen molar-refractivity contribution in [3.05, 3.63) is 28.2 Å². The zero-order valence-corrected chi connectivity index (χ0v) is 9.48. The summed E-state index contributed by atoms with van der Waals surface area (Å²) in [5.74, 6) is 1.48. The Hall–Kier alpha value is -0.400. The first-order chi connectivity index (χ1) is 6.66. The highest BCUT2D eigenvalue weighted by Crippen LogP contribution is 2.36. The maximum Gasteiger partial charge on any atom is 0.139 e. The second-order valence-corrected chi connectivity index (χ2v) is 4.65. The van der Waals surface area contributed by atoms with Crippen molar-refractivity contribution in [2.45, 2.75) is 25.9 Å². The molecule has 0 spiro atoms. The normalized spacial score (nSPS) is 25.6. The Morgan fingerprint density at radius 1 is 1.29 bits per heavy atom. The van der Waals surface area contributed by atoms with E-state index >= 15 is 0 Å². The number of hydrogen-bond donors (Lipinski definition) is 0. The van der Waals surface area contributed by atoms with Crippen LogP contribution in [0.2, 0.25) is 10.0 Å². The van der Waals surface area contributed by atoms with Crippen molar-refractivity contribution in [1.29, 1.82) is 0 Å². The van der Waals surface area contributed by atoms with Gasteiger partial charge in [-0.25, -0.2) is 0 Å². The lowest BCUT2D eigenvalue weighted by atomic mass is 9.84. The molecule has 0 saturated heterocycles. The van der Waals surface area contributed by atoms with E-state index in [1.165, 1.54) is 0 Å². The Kier molecular flexibility index (Phi) is 2.89. The zero-order chi connectivity index (χ0) is 10.1. The molecule has 0 aliphatic heterocycles. The molecule has 0 unspecified atom stereocenters. The number of halogens is 2. The molecule has 1 aliphatic rings. The zero-order valence-electron chi connectivity index (χ0n) is 7.97. The molecule has 2 rings (SSSR count). The van der Waals surface area contributed by atoms with Crippen LogP contribution < -0.4 is 4.74 Å². The van der Waals surface area contributed by atoms with Gasteiger partial charge < -0.3 is 4.74 Å². The monoisotopic (exact) mass is 230 g/mol. The van der Waals surface area contributed by atoms with Gasteiger partial charge in [-0.15, -0.1) is 0 Å². The van der Waals surface area contributed by atoms with Crippen LogP contribution in [0.4, 0.5) is 0 Å². The van der Waals surface area contributed by atoms with Crippen molar-refractivity contribution in [2.75, 3.05) is 0 Å². The highest BCUT2D eigenvalue weighted by Gasteiger charge is 2.27. The van der Waals surface area contributed by atoms with Gasteiger partial charge >= 0.3 is 0 Å². The van der Waals surface area contributed by atoms with E-state index in [4.69, 9.17) is 27.9 Å². The second-order valence-electron chi connectivity index (χ2n) is 3.87. The van der Waals surface area contributed by atoms with Crippen LogP contribution in [0.5, 0.6) is 5.75 Å². The van der Waals surface area contributed by atoms with Gasteiger partial charge in [0.05, 0.1) is 11.1 Å². The van der Waals surface area contributed by atoms with Crippen LogP contribution in [0.3, 0.4) is 0 Å². The van der Waals surface area contributed by atoms with E-state index < -0.39 is 0 Å². The van der Waals surface area contributed by atoms with Crippen molar-refractivity contribution in [3.63, 3.8) is 0 Å². The molecule has 76 valence electrons. The molecule has 1 nitrogen and oxygen atoms in total. The van der Waals surface area contributed by atoms with E-state index in [-0.39, 0.29) is 0 Å². The summed E-state index contributed by atoms with van der Waals surface area (Å²) in [5.41, 5.74) is 0. The molecule has 1 saturated carbocycles. The predicted octanol–water partition coefficient (Wildman–Crippen LogP) is 4.17. The lowest BCUT2D eigenvalue weighted by molar-refractivity contribution is 0.0740. The molecule has 0 aromatic heterocycles. The first-order valence-corrected chi connectivity index (χ1v) is 5.53. The van der Waals surface area contributed by atoms with Crippen LogP contribution in [-0.2, 0) is 0 Å². The molecular formula is C11H12Cl2O. The standard InChI is InChI=1S/C11H12Cl2O/c1-7-5-8(6-7)14-10-4-2-3-9(12)11(10)13/h2-4,7-8H,5-6H2,1H3. The van der Waals surface area contributed by atoms with Crippen molar-refractivity contribution in [2.24, 2.45) is 5.92 Å². The molecule has 3 heteroatoms. The highest BCUT2D eigenvalue weighted by molar-refractivity contribution is 6.42. The molecule has 14 heavy (non-hydrogen) atoms. The van der Waals surface area contributed by atoms with Gasteiger partial charge in [-0.3, -0.25) is 0 Å². The van der Waals surface area contributed by atoms with Crippen LogP contribution in [-0.4, -0.2) is 6.10 Å². The second kappa shape index (κ2) is 4.00. The summed E-state index contributed by atoms with van der Waals surface area (Å²) in [5, 5.41) is 1.07. The average molecular weight is 231 g/mol. The van der Waals surface area contributed by atoms with Gasteiger partial charge in [0.2, 0.25) is 0 Å². The summed E-state index contributed by atoms with van der Waals surface area (Å²) in [6.45, 7) is 2.22. The molecule has 1 fully saturated rings. The molecule has 0 radical (unpaired) electrons. The molecule has 1 aromatic rings. The topological polar surface area (TPSA) is 9.23 Å². The predicted molar refractivity (Wildman–Crippen MR) is 59.3 cm³/mol. The number of benzene rings is 1. The Morgan fingerprint density at radius 3 is 2.64 bits per heavy atom. The lowest BCUT2D eigenvalue weighted by Crippen LogP contribution is -2.31. The van der Waals surface area contributed by atoms with Gasteiger partial charge in [0.1, 0.15) is 10.8 Å². The Bertz CT molecular complexity index is 332. The van der Waals surface area contributed by atoms with Gasteiger partial charge in [-0.2, -0.15) is 0 Å². The van der Waals surface area contributed by atoms with Crippen LogP contribution in [0.15, 0.2) is 18.2 Å². The summed E-state index contributed by atoms with van der Waals surface area (Å²) in [6.07, 6.45) is 2.55. The maximum atomic E-state index is 6.00. The minimum Gasteiger partial charge on any atom is -0.489 e. The van der Waals surface area contributed by atoms with Crippen molar-refractivity contribution in [1.82, 2.24) is 0 Å². The van der Waals surface area contributed by atoms with Gasteiger partial charge in [0.25, 0.3) is 0 Å². The molecule has 0 heterocycles. The first-order valence-electron chi connectivity index (χ1n) is 4.77. The molecule has 1 aromatic carbocycles. The van der Waals surface area contributed by atoms with E-state index in [1.54, 1.807) is 6.07 Å². The molecule has 0 atom stereocenters. The third kappa shape index (κ3) is 1.99. The summed E-state index contributed by atoms with van der Waals surface area (Å²) < 4.78 is 5.72. The van der Waals surface area contributed by atoms with Crippen LogP contribution in [0.25, 0.3) is 0 Å². The van der Waals surface area contributed by atoms with E-state index in [0.29, 0.717) is 21.9 Å². The van der Waals surface area contributed by atoms with Gasteiger partial charge in [0.15, 0.2) is 0 Å².